The van der Waals surface area contributed by atoms with E-state index in [9.17, 15) is 0 Å². The molecule has 0 aromatic heterocycles. The van der Waals surface area contributed by atoms with Crippen LogP contribution in [0.4, 0.5) is 0 Å². The van der Waals surface area contributed by atoms with Gasteiger partial charge in [-0.15, -0.1) is 0 Å². The van der Waals surface area contributed by atoms with Crippen LogP contribution in [0.1, 0.15) is 0 Å². The Morgan fingerprint density at radius 1 is 0.533 bits per heavy atom. The van der Waals surface area contributed by atoms with Crippen molar-refractivity contribution in [1.82, 2.24) is 0 Å². The average molecular weight is 274 g/mol. The first-order chi connectivity index (χ1) is 7.07. The molecule has 0 atom stereocenters. The van der Waals surface area contributed by atoms with Crippen LogP contribution >= 0.6 is 10.7 Å². The van der Waals surface area contributed by atoms with Crippen LogP contribution in [-0.2, 0) is 26.6 Å². The monoisotopic (exact) mass is 274 g/mol. The van der Waals surface area contributed by atoms with E-state index in [4.69, 9.17) is 26.6 Å². The molecule has 0 N–H and O–H groups in total. The van der Waals surface area contributed by atoms with Gasteiger partial charge < -0.3 is 26.6 Å². The molecule has 0 saturated carbocycles. The molecule has 0 amide bonds. The third kappa shape index (κ3) is 3.80. The molecule has 0 heterocycles. The summed E-state index contributed by atoms with van der Waals surface area (Å²) in [6, 6.07) is 0. The minimum Gasteiger partial charge on any atom is -0.369 e. The molecular formula is C6H18O6SSi2. The Morgan fingerprint density at radius 2 is 0.733 bits per heavy atom. The third-order valence-corrected chi connectivity index (χ3v) is 14.2. The second-order valence-corrected chi connectivity index (χ2v) is 12.4. The van der Waals surface area contributed by atoms with Gasteiger partial charge in [-0.3, -0.25) is 0 Å². The molecule has 15 heavy (non-hydrogen) atoms. The van der Waals surface area contributed by atoms with Crippen LogP contribution in [-0.4, -0.2) is 58.6 Å². The van der Waals surface area contributed by atoms with Gasteiger partial charge in [0.2, 0.25) is 0 Å². The molecule has 0 aliphatic rings. The molecule has 92 valence electrons. The molecule has 0 spiro atoms. The minimum absolute atomic E-state index is 1.23. The van der Waals surface area contributed by atoms with Crippen molar-refractivity contribution in [3.8, 4) is 0 Å². The highest BCUT2D eigenvalue weighted by molar-refractivity contribution is 8.46. The highest BCUT2D eigenvalue weighted by Gasteiger charge is 2.55. The van der Waals surface area contributed by atoms with Gasteiger partial charge in [0.1, 0.15) is 0 Å². The van der Waals surface area contributed by atoms with Crippen molar-refractivity contribution in [2.24, 2.45) is 0 Å². The second-order valence-electron chi connectivity index (χ2n) is 2.33. The molecule has 0 fully saturated rings. The lowest BCUT2D eigenvalue weighted by atomic mass is 11.8. The van der Waals surface area contributed by atoms with Crippen LogP contribution < -0.4 is 0 Å². The van der Waals surface area contributed by atoms with Gasteiger partial charge >= 0.3 is 15.9 Å². The minimum atomic E-state index is -2.81. The Bertz CT molecular complexity index is 140. The Kier molecular flexibility index (Phi) is 7.24. The van der Waals surface area contributed by atoms with Crippen LogP contribution in [0.25, 0.3) is 0 Å². The van der Waals surface area contributed by atoms with E-state index in [0.29, 0.717) is 0 Å². The molecule has 0 aliphatic heterocycles. The summed E-state index contributed by atoms with van der Waals surface area (Å²) in [5.41, 5.74) is 0. The van der Waals surface area contributed by atoms with Crippen molar-refractivity contribution >= 4 is 26.6 Å². The van der Waals surface area contributed by atoms with Gasteiger partial charge in [0.15, 0.2) is 0 Å². The zero-order valence-electron chi connectivity index (χ0n) is 9.86. The fourth-order valence-corrected chi connectivity index (χ4v) is 12.4. The summed E-state index contributed by atoms with van der Waals surface area (Å²) >= 11 is 0. The van der Waals surface area contributed by atoms with Crippen molar-refractivity contribution in [1.29, 1.82) is 0 Å². The lowest BCUT2D eigenvalue weighted by Crippen LogP contribution is -2.51. The molecule has 0 aromatic rings. The molecular weight excluding hydrogens is 256 g/mol. The fraction of sp³-hybridized carbons (Fsp3) is 1.00. The Morgan fingerprint density at radius 3 is 0.867 bits per heavy atom. The highest BCUT2D eigenvalue weighted by Crippen LogP contribution is 2.33. The van der Waals surface area contributed by atoms with Crippen LogP contribution in [0.2, 0.25) is 0 Å². The average Bonchev–Trinajstić information content (AvgIpc) is 2.33. The maximum Gasteiger partial charge on any atom is 0.573 e. The molecule has 9 heteroatoms. The lowest BCUT2D eigenvalue weighted by molar-refractivity contribution is 0.142. The maximum absolute atomic E-state index is 5.25. The summed E-state index contributed by atoms with van der Waals surface area (Å²) in [5.74, 6) is 0. The summed E-state index contributed by atoms with van der Waals surface area (Å²) in [6.45, 7) is 0. The fourth-order valence-electron chi connectivity index (χ4n) is 0.903. The van der Waals surface area contributed by atoms with Crippen molar-refractivity contribution < 1.29 is 26.6 Å². The normalized spacial score (nSPS) is 13.2. The molecule has 0 rings (SSSR count). The molecule has 0 aliphatic carbocycles. The first-order valence-electron chi connectivity index (χ1n) is 4.08. The zero-order chi connectivity index (χ0) is 11.9. The Hall–Kier alpha value is 0.544. The predicted octanol–water partition coefficient (Wildman–Crippen LogP) is 0.469. The van der Waals surface area contributed by atoms with Crippen molar-refractivity contribution in [3.63, 3.8) is 0 Å². The smallest absolute Gasteiger partial charge is 0.369 e. The number of rotatable bonds is 8. The van der Waals surface area contributed by atoms with Gasteiger partial charge in [-0.05, 0) is 10.7 Å². The van der Waals surface area contributed by atoms with Crippen LogP contribution in [0.3, 0.4) is 0 Å². The van der Waals surface area contributed by atoms with E-state index in [-0.39, 0.29) is 0 Å². The van der Waals surface area contributed by atoms with E-state index < -0.39 is 15.9 Å². The van der Waals surface area contributed by atoms with E-state index in [1.165, 1.54) is 53.3 Å². The SMILES string of the molecule is CO[Si](OC)(OC)S[Si](OC)(OC)OC. The topological polar surface area (TPSA) is 55.4 Å². The second kappa shape index (κ2) is 6.98. The molecule has 0 saturated heterocycles. The van der Waals surface area contributed by atoms with Gasteiger partial charge in [-0.25, -0.2) is 0 Å². The summed E-state index contributed by atoms with van der Waals surface area (Å²) in [4.78, 5) is 0. The van der Waals surface area contributed by atoms with Crippen molar-refractivity contribution in [2.45, 2.75) is 0 Å². The van der Waals surface area contributed by atoms with Gasteiger partial charge in [-0.2, -0.15) is 0 Å². The summed E-state index contributed by atoms with van der Waals surface area (Å²) in [7, 11) is 4.73. The first-order valence-corrected chi connectivity index (χ1v) is 9.80. The molecule has 0 unspecified atom stereocenters. The summed E-state index contributed by atoms with van der Waals surface area (Å²) in [6.07, 6.45) is 0. The van der Waals surface area contributed by atoms with Crippen molar-refractivity contribution in [3.05, 3.63) is 0 Å². The largest absolute Gasteiger partial charge is 0.573 e. The Labute approximate surface area is 96.2 Å². The van der Waals surface area contributed by atoms with E-state index in [0.717, 1.165) is 0 Å². The van der Waals surface area contributed by atoms with E-state index >= 15 is 0 Å². The standard InChI is InChI=1S/C6H18O6SSi2/c1-7-14(8-2,9-3)13-15(10-4,11-5)12-6/h1-6H3. The quantitative estimate of drug-likeness (QED) is 0.596. The summed E-state index contributed by atoms with van der Waals surface area (Å²) < 4.78 is 31.5. The van der Waals surface area contributed by atoms with Crippen LogP contribution in [0.15, 0.2) is 0 Å². The van der Waals surface area contributed by atoms with E-state index in [2.05, 4.69) is 0 Å². The van der Waals surface area contributed by atoms with Gasteiger partial charge in [0.05, 0.1) is 0 Å². The first kappa shape index (κ1) is 15.5. The zero-order valence-corrected chi connectivity index (χ0v) is 12.7. The summed E-state index contributed by atoms with van der Waals surface area (Å²) in [5, 5.41) is 0. The van der Waals surface area contributed by atoms with Crippen molar-refractivity contribution in [2.75, 3.05) is 42.7 Å². The highest BCUT2D eigenvalue weighted by atomic mass is 32.5. The van der Waals surface area contributed by atoms with Gasteiger partial charge in [-0.1, -0.05) is 0 Å². The van der Waals surface area contributed by atoms with Crippen LogP contribution in [0.5, 0.6) is 0 Å². The predicted molar refractivity (Wildman–Crippen MR) is 61.2 cm³/mol. The van der Waals surface area contributed by atoms with Crippen LogP contribution in [0, 0.1) is 0 Å². The Balaban J connectivity index is 4.74. The molecule has 0 bridgehead atoms. The van der Waals surface area contributed by atoms with E-state index in [1.807, 2.05) is 0 Å². The maximum atomic E-state index is 5.25. The lowest BCUT2D eigenvalue weighted by Gasteiger charge is -2.30. The molecule has 0 aromatic carbocycles. The molecule has 6 nitrogen and oxygen atoms in total. The molecule has 0 radical (unpaired) electrons. The number of hydrogen-bond acceptors (Lipinski definition) is 7. The number of hydrogen-bond donors (Lipinski definition) is 0. The van der Waals surface area contributed by atoms with E-state index in [1.54, 1.807) is 0 Å². The van der Waals surface area contributed by atoms with Gasteiger partial charge in [0, 0.05) is 42.7 Å². The van der Waals surface area contributed by atoms with Gasteiger partial charge in [0.25, 0.3) is 0 Å². The third-order valence-electron chi connectivity index (χ3n) is 1.75.